The van der Waals surface area contributed by atoms with Gasteiger partial charge in [-0.05, 0) is 25.1 Å². The third-order valence-electron chi connectivity index (χ3n) is 4.44. The summed E-state index contributed by atoms with van der Waals surface area (Å²) in [6, 6.07) is 0. The number of nitrogens with zero attached hydrogens (tertiary/aromatic N) is 4. The molecule has 0 saturated carbocycles. The number of amides is 1. The first-order valence-corrected chi connectivity index (χ1v) is 8.91. The molecule has 1 aromatic rings. The predicted octanol–water partition coefficient (Wildman–Crippen LogP) is 0.301. The molecule has 0 aromatic carbocycles. The number of primary amides is 1. The number of aromatic nitrogens is 3. The maximum Gasteiger partial charge on any atom is 0.217 e. The first kappa shape index (κ1) is 17.5. The molecule has 3 rings (SSSR count). The van der Waals surface area contributed by atoms with Crippen LogP contribution in [0.1, 0.15) is 25.1 Å². The van der Waals surface area contributed by atoms with Gasteiger partial charge in [0.1, 0.15) is 5.82 Å². The summed E-state index contributed by atoms with van der Waals surface area (Å²) in [4.78, 5) is 13.4. The van der Waals surface area contributed by atoms with Gasteiger partial charge in [-0.2, -0.15) is 5.10 Å². The molecule has 1 unspecified atom stereocenters. The summed E-state index contributed by atoms with van der Waals surface area (Å²) >= 11 is 5.63. The fourth-order valence-electron chi connectivity index (χ4n) is 3.11. The number of hydrogen-bond acceptors (Lipinski definition) is 6. The summed E-state index contributed by atoms with van der Waals surface area (Å²) in [7, 11) is 0. The van der Waals surface area contributed by atoms with Crippen LogP contribution in [-0.4, -0.2) is 64.2 Å². The van der Waals surface area contributed by atoms with Crippen molar-refractivity contribution in [3.8, 4) is 0 Å². The molecule has 134 valence electrons. The normalized spacial score (nSPS) is 22.1. The lowest BCUT2D eigenvalue weighted by molar-refractivity contribution is -0.118. The van der Waals surface area contributed by atoms with Crippen LogP contribution in [0.3, 0.4) is 0 Å². The van der Waals surface area contributed by atoms with Crippen molar-refractivity contribution in [1.29, 1.82) is 0 Å². The maximum absolute atomic E-state index is 11.1. The Hall–Kier alpha value is -1.29. The van der Waals surface area contributed by atoms with Crippen molar-refractivity contribution in [3.05, 3.63) is 10.6 Å². The average molecular weight is 355 g/mol. The van der Waals surface area contributed by atoms with E-state index in [1.54, 1.807) is 0 Å². The molecule has 2 aliphatic rings. The fraction of sp³-hybridized carbons (Fsp3) is 0.800. The van der Waals surface area contributed by atoms with Gasteiger partial charge in [0, 0.05) is 32.5 Å². The molecule has 2 N–H and O–H groups in total. The van der Waals surface area contributed by atoms with E-state index in [1.807, 2.05) is 9.25 Å². The van der Waals surface area contributed by atoms with Gasteiger partial charge in [-0.3, -0.25) is 9.69 Å². The number of rotatable bonds is 7. The third kappa shape index (κ3) is 4.41. The second kappa shape index (κ2) is 8.19. The molecule has 0 bridgehead atoms. The SMILES string of the molecule is NC(=O)CCc1nn(CN2CCOCC2)c(=S)n1CC1CCCO1. The van der Waals surface area contributed by atoms with E-state index in [2.05, 4.69) is 10.00 Å². The van der Waals surface area contributed by atoms with E-state index in [4.69, 9.17) is 27.4 Å². The fourth-order valence-corrected chi connectivity index (χ4v) is 3.38. The molecular weight excluding hydrogens is 330 g/mol. The van der Waals surface area contributed by atoms with Gasteiger partial charge in [0.15, 0.2) is 4.77 Å². The minimum Gasteiger partial charge on any atom is -0.379 e. The van der Waals surface area contributed by atoms with E-state index in [0.29, 0.717) is 24.4 Å². The maximum atomic E-state index is 11.1. The Bertz CT molecular complexity index is 617. The molecule has 8 nitrogen and oxygen atoms in total. The molecule has 1 aromatic heterocycles. The smallest absolute Gasteiger partial charge is 0.217 e. The number of carbonyl (C=O) groups is 1. The predicted molar refractivity (Wildman–Crippen MR) is 89.9 cm³/mol. The van der Waals surface area contributed by atoms with E-state index in [-0.39, 0.29) is 18.4 Å². The number of nitrogens with two attached hydrogens (primary N) is 1. The van der Waals surface area contributed by atoms with Gasteiger partial charge in [0.25, 0.3) is 0 Å². The summed E-state index contributed by atoms with van der Waals surface area (Å²) < 4.78 is 15.6. The van der Waals surface area contributed by atoms with Gasteiger partial charge in [-0.1, -0.05) is 0 Å². The van der Waals surface area contributed by atoms with Crippen LogP contribution in [0.25, 0.3) is 0 Å². The first-order valence-electron chi connectivity index (χ1n) is 8.50. The Morgan fingerprint density at radius 3 is 2.79 bits per heavy atom. The Morgan fingerprint density at radius 1 is 1.33 bits per heavy atom. The van der Waals surface area contributed by atoms with Gasteiger partial charge in [0.05, 0.1) is 32.5 Å². The van der Waals surface area contributed by atoms with Gasteiger partial charge in [-0.25, -0.2) is 4.68 Å². The lowest BCUT2D eigenvalue weighted by atomic mass is 10.2. The van der Waals surface area contributed by atoms with Crippen LogP contribution in [0.15, 0.2) is 0 Å². The van der Waals surface area contributed by atoms with Crippen LogP contribution < -0.4 is 5.73 Å². The van der Waals surface area contributed by atoms with Crippen LogP contribution in [-0.2, 0) is 33.9 Å². The highest BCUT2D eigenvalue weighted by Gasteiger charge is 2.21. The molecular formula is C15H25N5O3S. The number of carbonyl (C=O) groups excluding carboxylic acids is 1. The lowest BCUT2D eigenvalue weighted by Gasteiger charge is -2.26. The van der Waals surface area contributed by atoms with Gasteiger partial charge >= 0.3 is 0 Å². The Kier molecular flexibility index (Phi) is 5.99. The van der Waals surface area contributed by atoms with E-state index in [9.17, 15) is 4.79 Å². The molecule has 2 saturated heterocycles. The standard InChI is InChI=1S/C15H25N5O3S/c16-13(21)3-4-14-17-20(11-18-5-8-22-9-6-18)15(24)19(14)10-12-2-1-7-23-12/h12H,1-11H2,(H2,16,21). The molecule has 2 aliphatic heterocycles. The van der Waals surface area contributed by atoms with Gasteiger partial charge in [-0.15, -0.1) is 0 Å². The van der Waals surface area contributed by atoms with Gasteiger partial charge in [0.2, 0.25) is 5.91 Å². The van der Waals surface area contributed by atoms with Crippen molar-refractivity contribution in [3.63, 3.8) is 0 Å². The van der Waals surface area contributed by atoms with Crippen LogP contribution in [0, 0.1) is 4.77 Å². The van der Waals surface area contributed by atoms with Crippen molar-refractivity contribution in [2.45, 2.75) is 45.0 Å². The zero-order valence-electron chi connectivity index (χ0n) is 13.9. The number of aryl methyl sites for hydroxylation is 1. The average Bonchev–Trinajstić information content (AvgIpc) is 3.18. The summed E-state index contributed by atoms with van der Waals surface area (Å²) in [6.07, 6.45) is 3.06. The highest BCUT2D eigenvalue weighted by atomic mass is 32.1. The van der Waals surface area contributed by atoms with Crippen LogP contribution in [0.4, 0.5) is 0 Å². The van der Waals surface area contributed by atoms with Crippen molar-refractivity contribution in [1.82, 2.24) is 19.2 Å². The highest BCUT2D eigenvalue weighted by molar-refractivity contribution is 7.71. The summed E-state index contributed by atoms with van der Waals surface area (Å²) in [5.74, 6) is 0.481. The molecule has 0 spiro atoms. The van der Waals surface area contributed by atoms with Crippen LogP contribution >= 0.6 is 12.2 Å². The van der Waals surface area contributed by atoms with E-state index >= 15 is 0 Å². The number of morpholine rings is 1. The van der Waals surface area contributed by atoms with Crippen molar-refractivity contribution in [2.75, 3.05) is 32.9 Å². The molecule has 2 fully saturated rings. The Morgan fingerprint density at radius 2 is 2.12 bits per heavy atom. The Labute approximate surface area is 146 Å². The van der Waals surface area contributed by atoms with Crippen molar-refractivity contribution < 1.29 is 14.3 Å². The molecule has 0 aliphatic carbocycles. The molecule has 1 atom stereocenters. The van der Waals surface area contributed by atoms with E-state index in [0.717, 1.165) is 51.6 Å². The van der Waals surface area contributed by atoms with Gasteiger partial charge < -0.3 is 19.8 Å². The third-order valence-corrected chi connectivity index (χ3v) is 4.87. The van der Waals surface area contributed by atoms with Crippen LogP contribution in [0.2, 0.25) is 0 Å². The zero-order chi connectivity index (χ0) is 16.9. The topological polar surface area (TPSA) is 87.5 Å². The quantitative estimate of drug-likeness (QED) is 0.708. The molecule has 24 heavy (non-hydrogen) atoms. The summed E-state index contributed by atoms with van der Waals surface area (Å²) in [5, 5.41) is 4.65. The molecule has 0 radical (unpaired) electrons. The minimum atomic E-state index is -0.327. The summed E-state index contributed by atoms with van der Waals surface area (Å²) in [5.41, 5.74) is 5.29. The second-order valence-electron chi connectivity index (χ2n) is 6.28. The minimum absolute atomic E-state index is 0.171. The largest absolute Gasteiger partial charge is 0.379 e. The number of ether oxygens (including phenoxy) is 2. The first-order chi connectivity index (χ1) is 11.6. The summed E-state index contributed by atoms with van der Waals surface area (Å²) in [6.45, 7) is 5.35. The van der Waals surface area contributed by atoms with Crippen molar-refractivity contribution in [2.24, 2.45) is 5.73 Å². The van der Waals surface area contributed by atoms with E-state index < -0.39 is 0 Å². The van der Waals surface area contributed by atoms with Crippen LogP contribution in [0.5, 0.6) is 0 Å². The molecule has 9 heteroatoms. The number of hydrogen-bond donors (Lipinski definition) is 1. The molecule has 3 heterocycles. The monoisotopic (exact) mass is 355 g/mol. The zero-order valence-corrected chi connectivity index (χ0v) is 14.7. The molecule has 1 amide bonds. The highest BCUT2D eigenvalue weighted by Crippen LogP contribution is 2.16. The van der Waals surface area contributed by atoms with E-state index in [1.165, 1.54) is 0 Å². The Balaban J connectivity index is 1.77. The van der Waals surface area contributed by atoms with Crippen molar-refractivity contribution >= 4 is 18.1 Å². The lowest BCUT2D eigenvalue weighted by Crippen LogP contribution is -2.37. The second-order valence-corrected chi connectivity index (χ2v) is 6.65.